The fourth-order valence-corrected chi connectivity index (χ4v) is 3.84. The molecule has 0 radical (unpaired) electrons. The third-order valence-corrected chi connectivity index (χ3v) is 4.99. The second kappa shape index (κ2) is 5.73. The van der Waals surface area contributed by atoms with Crippen LogP contribution in [0.2, 0.25) is 0 Å². The average Bonchev–Trinajstić information content (AvgIpc) is 3.06. The summed E-state index contributed by atoms with van der Waals surface area (Å²) in [5.41, 5.74) is 0. The van der Waals surface area contributed by atoms with Gasteiger partial charge in [0.05, 0.1) is 18.4 Å². The molecule has 1 saturated heterocycles. The minimum atomic E-state index is -0.774. The molecular weight excluding hydrogens is 280 g/mol. The number of ether oxygens (including phenoxy) is 1. The molecule has 110 valence electrons. The Morgan fingerprint density at radius 1 is 1.45 bits per heavy atom. The molecule has 7 heteroatoms. The third-order valence-electron chi connectivity index (χ3n) is 3.99. The van der Waals surface area contributed by atoms with E-state index in [2.05, 4.69) is 17.1 Å². The lowest BCUT2D eigenvalue weighted by Crippen LogP contribution is -2.18. The number of rotatable bonds is 3. The Balaban J connectivity index is 1.77. The lowest BCUT2D eigenvalue weighted by atomic mass is 9.96. The van der Waals surface area contributed by atoms with Gasteiger partial charge < -0.3 is 14.4 Å². The monoisotopic (exact) mass is 298 g/mol. The predicted molar refractivity (Wildman–Crippen MR) is 72.6 cm³/mol. The van der Waals surface area contributed by atoms with Crippen LogP contribution in [0, 0.1) is 11.8 Å². The molecule has 2 heterocycles. The zero-order valence-corrected chi connectivity index (χ0v) is 12.1. The van der Waals surface area contributed by atoms with E-state index in [9.17, 15) is 9.90 Å². The molecule has 0 spiro atoms. The number of carboxylic acids is 1. The van der Waals surface area contributed by atoms with Gasteiger partial charge in [0.1, 0.15) is 6.10 Å². The van der Waals surface area contributed by atoms with Gasteiger partial charge in [-0.25, -0.2) is 0 Å². The van der Waals surface area contributed by atoms with Gasteiger partial charge in [0.2, 0.25) is 11.7 Å². The van der Waals surface area contributed by atoms with Gasteiger partial charge in [0.15, 0.2) is 0 Å². The molecule has 1 aromatic heterocycles. The Kier molecular flexibility index (Phi) is 3.98. The number of aromatic nitrogens is 2. The van der Waals surface area contributed by atoms with Crippen LogP contribution in [0.25, 0.3) is 0 Å². The number of carboxylic acid groups (broad SMARTS) is 1. The van der Waals surface area contributed by atoms with E-state index in [1.54, 1.807) is 11.8 Å². The highest BCUT2D eigenvalue weighted by atomic mass is 32.2. The van der Waals surface area contributed by atoms with E-state index >= 15 is 0 Å². The van der Waals surface area contributed by atoms with Crippen LogP contribution < -0.4 is 0 Å². The van der Waals surface area contributed by atoms with Crippen molar-refractivity contribution in [1.82, 2.24) is 10.1 Å². The number of carbonyl (C=O) groups is 1. The van der Waals surface area contributed by atoms with Crippen molar-refractivity contribution in [3.8, 4) is 0 Å². The summed E-state index contributed by atoms with van der Waals surface area (Å²) < 4.78 is 10.9. The van der Waals surface area contributed by atoms with Gasteiger partial charge in [0, 0.05) is 11.5 Å². The summed E-state index contributed by atoms with van der Waals surface area (Å²) in [5.74, 6) is 1.83. The van der Waals surface area contributed by atoms with Crippen LogP contribution in [0.15, 0.2) is 4.52 Å². The number of thioether (sulfide) groups is 1. The van der Waals surface area contributed by atoms with E-state index in [1.165, 1.54) is 0 Å². The van der Waals surface area contributed by atoms with Crippen molar-refractivity contribution in [2.45, 2.75) is 31.8 Å². The highest BCUT2D eigenvalue weighted by molar-refractivity contribution is 7.99. The van der Waals surface area contributed by atoms with Gasteiger partial charge in [0.25, 0.3) is 0 Å². The Labute approximate surface area is 121 Å². The second-order valence-corrected chi connectivity index (χ2v) is 6.70. The molecule has 0 amide bonds. The van der Waals surface area contributed by atoms with Crippen molar-refractivity contribution in [2.24, 2.45) is 11.8 Å². The van der Waals surface area contributed by atoms with E-state index in [-0.39, 0.29) is 12.0 Å². The normalized spacial score (nSPS) is 34.2. The van der Waals surface area contributed by atoms with Crippen LogP contribution >= 0.6 is 11.8 Å². The van der Waals surface area contributed by atoms with E-state index in [0.29, 0.717) is 30.7 Å². The fourth-order valence-electron chi connectivity index (χ4n) is 3.00. The molecular formula is C13H18N2O4S. The van der Waals surface area contributed by atoms with Crippen LogP contribution in [-0.2, 0) is 9.53 Å². The molecule has 1 aromatic rings. The Morgan fingerprint density at radius 3 is 3.00 bits per heavy atom. The van der Waals surface area contributed by atoms with Gasteiger partial charge in [-0.3, -0.25) is 4.79 Å². The first-order valence-corrected chi connectivity index (χ1v) is 8.06. The van der Waals surface area contributed by atoms with Gasteiger partial charge in [-0.2, -0.15) is 16.7 Å². The van der Waals surface area contributed by atoms with E-state index < -0.39 is 11.9 Å². The summed E-state index contributed by atoms with van der Waals surface area (Å²) >= 11 is 1.80. The van der Waals surface area contributed by atoms with Crippen LogP contribution in [0.4, 0.5) is 0 Å². The molecule has 1 aliphatic heterocycles. The second-order valence-electron chi connectivity index (χ2n) is 5.55. The van der Waals surface area contributed by atoms with Crippen molar-refractivity contribution in [3.63, 3.8) is 0 Å². The van der Waals surface area contributed by atoms with E-state index in [0.717, 1.165) is 17.9 Å². The van der Waals surface area contributed by atoms with Crippen LogP contribution in [0.5, 0.6) is 0 Å². The van der Waals surface area contributed by atoms with E-state index in [4.69, 9.17) is 9.26 Å². The van der Waals surface area contributed by atoms with Crippen molar-refractivity contribution in [3.05, 3.63) is 11.7 Å². The van der Waals surface area contributed by atoms with Crippen molar-refractivity contribution < 1.29 is 19.2 Å². The standard InChI is InChI=1S/C13H18N2O4S/c1-7-4-8(9(5-7)13(16)17)12-14-11(15-19-12)10-6-20-3-2-18-10/h7-10H,2-6H2,1H3,(H,16,17). The molecule has 1 aliphatic carbocycles. The summed E-state index contributed by atoms with van der Waals surface area (Å²) in [6.07, 6.45) is 1.33. The first kappa shape index (κ1) is 13.9. The van der Waals surface area contributed by atoms with Crippen LogP contribution in [-0.4, -0.2) is 39.3 Å². The van der Waals surface area contributed by atoms with Crippen LogP contribution in [0.1, 0.15) is 43.5 Å². The quantitative estimate of drug-likeness (QED) is 0.914. The molecule has 20 heavy (non-hydrogen) atoms. The maximum Gasteiger partial charge on any atom is 0.307 e. The summed E-state index contributed by atoms with van der Waals surface area (Å²) in [4.78, 5) is 15.7. The number of aliphatic carboxylic acids is 1. The first-order chi connectivity index (χ1) is 9.65. The molecule has 4 atom stereocenters. The number of nitrogens with zero attached hydrogens (tertiary/aromatic N) is 2. The lowest BCUT2D eigenvalue weighted by molar-refractivity contribution is -0.142. The molecule has 3 rings (SSSR count). The number of hydrogen-bond donors (Lipinski definition) is 1. The first-order valence-electron chi connectivity index (χ1n) is 6.90. The predicted octanol–water partition coefficient (Wildman–Crippen LogP) is 2.09. The van der Waals surface area contributed by atoms with Crippen molar-refractivity contribution in [2.75, 3.05) is 18.1 Å². The Morgan fingerprint density at radius 2 is 2.30 bits per heavy atom. The maximum absolute atomic E-state index is 11.3. The largest absolute Gasteiger partial charge is 0.481 e. The highest BCUT2D eigenvalue weighted by Crippen LogP contribution is 2.42. The summed E-state index contributed by atoms with van der Waals surface area (Å²) in [6.45, 7) is 2.76. The molecule has 0 aromatic carbocycles. The lowest BCUT2D eigenvalue weighted by Gasteiger charge is -2.18. The molecule has 1 saturated carbocycles. The van der Waals surface area contributed by atoms with Crippen molar-refractivity contribution in [1.29, 1.82) is 0 Å². The molecule has 2 fully saturated rings. The fraction of sp³-hybridized carbons (Fsp3) is 0.769. The van der Waals surface area contributed by atoms with Gasteiger partial charge in [-0.05, 0) is 18.8 Å². The smallest absolute Gasteiger partial charge is 0.307 e. The minimum absolute atomic E-state index is 0.131. The van der Waals surface area contributed by atoms with Gasteiger partial charge in [-0.1, -0.05) is 12.1 Å². The molecule has 6 nitrogen and oxygen atoms in total. The molecule has 0 bridgehead atoms. The summed E-state index contributed by atoms with van der Waals surface area (Å²) in [7, 11) is 0. The Hall–Kier alpha value is -1.08. The number of hydrogen-bond acceptors (Lipinski definition) is 6. The molecule has 4 unspecified atom stereocenters. The summed E-state index contributed by atoms with van der Waals surface area (Å²) in [6, 6.07) is 0. The zero-order valence-electron chi connectivity index (χ0n) is 11.3. The van der Waals surface area contributed by atoms with Crippen molar-refractivity contribution >= 4 is 17.7 Å². The topological polar surface area (TPSA) is 85.5 Å². The average molecular weight is 298 g/mol. The van der Waals surface area contributed by atoms with E-state index in [1.807, 2.05) is 0 Å². The minimum Gasteiger partial charge on any atom is -0.481 e. The Bertz CT molecular complexity index is 486. The van der Waals surface area contributed by atoms with Crippen LogP contribution in [0.3, 0.4) is 0 Å². The molecule has 2 aliphatic rings. The third kappa shape index (κ3) is 2.69. The molecule has 1 N–H and O–H groups in total. The maximum atomic E-state index is 11.3. The summed E-state index contributed by atoms with van der Waals surface area (Å²) in [5, 5.41) is 13.3. The van der Waals surface area contributed by atoms with Gasteiger partial charge in [-0.15, -0.1) is 0 Å². The highest BCUT2D eigenvalue weighted by Gasteiger charge is 2.41. The zero-order chi connectivity index (χ0) is 14.1. The SMILES string of the molecule is CC1CC(C(=O)O)C(c2nc(C3CSCCO3)no2)C1. The van der Waals surface area contributed by atoms with Gasteiger partial charge >= 0.3 is 5.97 Å².